The van der Waals surface area contributed by atoms with E-state index >= 15 is 0 Å². The van der Waals surface area contributed by atoms with Crippen LogP contribution >= 0.6 is 0 Å². The molecule has 0 saturated carbocycles. The Bertz CT molecular complexity index is 787. The molecular weight excluding hydrogens is 306 g/mol. The van der Waals surface area contributed by atoms with Crippen molar-refractivity contribution in [2.45, 2.75) is 26.3 Å². The van der Waals surface area contributed by atoms with E-state index in [0.717, 1.165) is 18.7 Å². The summed E-state index contributed by atoms with van der Waals surface area (Å²) >= 11 is 0. The Labute approximate surface area is 140 Å². The molecule has 3 heterocycles. The number of aromatic amines is 1. The number of aryl methyl sites for hydroxylation is 1. The van der Waals surface area contributed by atoms with Crippen LogP contribution in [0.25, 0.3) is 11.4 Å². The molecule has 1 fully saturated rings. The van der Waals surface area contributed by atoms with Crippen LogP contribution in [0, 0.1) is 6.92 Å². The highest BCUT2D eigenvalue weighted by Gasteiger charge is 2.24. The molecule has 2 aromatic rings. The number of carbonyl (C=O) groups is 1. The Morgan fingerprint density at radius 1 is 1.46 bits per heavy atom. The second-order valence-electron chi connectivity index (χ2n) is 6.04. The maximum atomic E-state index is 12.5. The highest BCUT2D eigenvalue weighted by Crippen LogP contribution is 2.14. The fraction of sp³-hybridized carbons (Fsp3) is 0.412. The maximum Gasteiger partial charge on any atom is 0.255 e. The number of nitrogens with one attached hydrogen (secondary N) is 2. The van der Waals surface area contributed by atoms with E-state index in [4.69, 9.17) is 0 Å². The third-order valence-corrected chi connectivity index (χ3v) is 4.31. The fourth-order valence-corrected chi connectivity index (χ4v) is 2.92. The molecule has 2 N–H and O–H groups in total. The average molecular weight is 327 g/mol. The minimum atomic E-state index is -0.266. The summed E-state index contributed by atoms with van der Waals surface area (Å²) in [6.45, 7) is 5.99. The number of hydrogen-bond donors (Lipinski definition) is 2. The Hall–Kier alpha value is -2.54. The maximum absolute atomic E-state index is 12.5. The van der Waals surface area contributed by atoms with Gasteiger partial charge in [0.15, 0.2) is 0 Å². The van der Waals surface area contributed by atoms with E-state index in [0.29, 0.717) is 23.6 Å². The van der Waals surface area contributed by atoms with Crippen molar-refractivity contribution in [2.24, 2.45) is 0 Å². The number of aromatic nitrogens is 3. The van der Waals surface area contributed by atoms with E-state index in [1.165, 1.54) is 0 Å². The predicted octanol–water partition coefficient (Wildman–Crippen LogP) is 0.503. The van der Waals surface area contributed by atoms with Crippen LogP contribution in [0.4, 0.5) is 0 Å². The molecule has 0 aliphatic carbocycles. The molecule has 0 bridgehead atoms. The lowest BCUT2D eigenvalue weighted by molar-refractivity contribution is -0.133. The third kappa shape index (κ3) is 3.35. The molecule has 1 saturated heterocycles. The zero-order valence-corrected chi connectivity index (χ0v) is 13.9. The normalized spacial score (nSPS) is 17.8. The number of pyridine rings is 1. The Morgan fingerprint density at radius 2 is 2.29 bits per heavy atom. The molecule has 1 amide bonds. The molecule has 2 aromatic heterocycles. The minimum absolute atomic E-state index is 0.0338. The van der Waals surface area contributed by atoms with Gasteiger partial charge in [-0.3, -0.25) is 14.6 Å². The zero-order chi connectivity index (χ0) is 17.1. The van der Waals surface area contributed by atoms with Gasteiger partial charge in [-0.05, 0) is 26.0 Å². The van der Waals surface area contributed by atoms with Gasteiger partial charge < -0.3 is 15.2 Å². The molecule has 0 aromatic carbocycles. The molecule has 0 spiro atoms. The van der Waals surface area contributed by atoms with Crippen LogP contribution in [0.15, 0.2) is 29.3 Å². The van der Waals surface area contributed by atoms with Crippen molar-refractivity contribution >= 4 is 5.91 Å². The first kappa shape index (κ1) is 16.3. The van der Waals surface area contributed by atoms with Crippen molar-refractivity contribution in [3.8, 4) is 11.4 Å². The highest BCUT2D eigenvalue weighted by atomic mass is 16.2. The second kappa shape index (κ2) is 6.92. The summed E-state index contributed by atoms with van der Waals surface area (Å²) in [5.41, 5.74) is 1.48. The quantitative estimate of drug-likeness (QED) is 0.857. The van der Waals surface area contributed by atoms with Crippen LogP contribution in [-0.4, -0.2) is 51.4 Å². The Balaban J connectivity index is 1.84. The van der Waals surface area contributed by atoms with Crippen LogP contribution in [0.5, 0.6) is 0 Å². The lowest BCUT2D eigenvalue weighted by Crippen LogP contribution is -2.52. The summed E-state index contributed by atoms with van der Waals surface area (Å²) in [6, 6.07) is 3.75. The van der Waals surface area contributed by atoms with Gasteiger partial charge in [-0.2, -0.15) is 0 Å². The first-order chi connectivity index (χ1) is 11.6. The van der Waals surface area contributed by atoms with E-state index in [9.17, 15) is 9.59 Å². The number of nitrogens with zero attached hydrogens (tertiary/aromatic N) is 3. The van der Waals surface area contributed by atoms with Gasteiger partial charge in [0.2, 0.25) is 5.91 Å². The molecule has 7 heteroatoms. The molecule has 1 aliphatic rings. The van der Waals surface area contributed by atoms with E-state index < -0.39 is 0 Å². The summed E-state index contributed by atoms with van der Waals surface area (Å²) < 4.78 is 0. The molecule has 0 radical (unpaired) electrons. The molecular formula is C17H21N5O2. The SMILES string of the molecule is Cc1nc(-c2cccnc2)[nH]c(=O)c1CC(=O)N1CCNC[C@H]1C. The van der Waals surface area contributed by atoms with Gasteiger partial charge in [0.05, 0.1) is 6.42 Å². The number of H-pyrrole nitrogens is 1. The minimum Gasteiger partial charge on any atom is -0.337 e. The van der Waals surface area contributed by atoms with Crippen LogP contribution < -0.4 is 10.9 Å². The van der Waals surface area contributed by atoms with Crippen molar-refractivity contribution in [2.75, 3.05) is 19.6 Å². The number of hydrogen-bond acceptors (Lipinski definition) is 5. The Morgan fingerprint density at radius 3 is 2.96 bits per heavy atom. The largest absolute Gasteiger partial charge is 0.337 e. The van der Waals surface area contributed by atoms with Crippen molar-refractivity contribution in [3.63, 3.8) is 0 Å². The van der Waals surface area contributed by atoms with Crippen LogP contribution in [0.3, 0.4) is 0 Å². The van der Waals surface area contributed by atoms with Gasteiger partial charge in [0.1, 0.15) is 5.82 Å². The molecule has 1 atom stereocenters. The lowest BCUT2D eigenvalue weighted by Gasteiger charge is -2.34. The van der Waals surface area contributed by atoms with Crippen molar-refractivity contribution in [1.82, 2.24) is 25.2 Å². The molecule has 1 aliphatic heterocycles. The number of piperazine rings is 1. The monoisotopic (exact) mass is 327 g/mol. The Kier molecular flexibility index (Phi) is 4.71. The number of rotatable bonds is 3. The van der Waals surface area contributed by atoms with Crippen molar-refractivity contribution in [1.29, 1.82) is 0 Å². The third-order valence-electron chi connectivity index (χ3n) is 4.31. The first-order valence-corrected chi connectivity index (χ1v) is 8.06. The van der Waals surface area contributed by atoms with Gasteiger partial charge in [0.25, 0.3) is 5.56 Å². The van der Waals surface area contributed by atoms with Gasteiger partial charge in [-0.25, -0.2) is 4.98 Å². The summed E-state index contributed by atoms with van der Waals surface area (Å²) in [4.78, 5) is 38.0. The average Bonchev–Trinajstić information content (AvgIpc) is 2.59. The summed E-state index contributed by atoms with van der Waals surface area (Å²) in [5.74, 6) is 0.436. The van der Waals surface area contributed by atoms with E-state index in [1.807, 2.05) is 17.9 Å². The predicted molar refractivity (Wildman–Crippen MR) is 90.6 cm³/mol. The van der Waals surface area contributed by atoms with Crippen LogP contribution in [0.2, 0.25) is 0 Å². The molecule has 3 rings (SSSR count). The summed E-state index contributed by atoms with van der Waals surface area (Å²) in [7, 11) is 0. The fourth-order valence-electron chi connectivity index (χ4n) is 2.92. The van der Waals surface area contributed by atoms with Gasteiger partial charge >= 0.3 is 0 Å². The molecule has 24 heavy (non-hydrogen) atoms. The highest BCUT2D eigenvalue weighted by molar-refractivity contribution is 5.79. The van der Waals surface area contributed by atoms with E-state index in [2.05, 4.69) is 20.3 Å². The van der Waals surface area contributed by atoms with Crippen LogP contribution in [-0.2, 0) is 11.2 Å². The summed E-state index contributed by atoms with van der Waals surface area (Å²) in [6.07, 6.45) is 3.38. The molecule has 0 unspecified atom stereocenters. The number of amides is 1. The zero-order valence-electron chi connectivity index (χ0n) is 13.9. The van der Waals surface area contributed by atoms with Crippen LogP contribution in [0.1, 0.15) is 18.2 Å². The molecule has 7 nitrogen and oxygen atoms in total. The standard InChI is InChI=1S/C17H21N5O2/c1-11-9-19-6-7-22(11)15(23)8-14-12(2)20-16(21-17(14)24)13-4-3-5-18-10-13/h3-5,10-11,19H,6-9H2,1-2H3,(H,20,21,24)/t11-/m1/s1. The van der Waals surface area contributed by atoms with Crippen molar-refractivity contribution in [3.05, 3.63) is 46.1 Å². The smallest absolute Gasteiger partial charge is 0.255 e. The number of carbonyl (C=O) groups excluding carboxylic acids is 1. The van der Waals surface area contributed by atoms with E-state index in [-0.39, 0.29) is 23.9 Å². The first-order valence-electron chi connectivity index (χ1n) is 8.06. The molecule has 126 valence electrons. The topological polar surface area (TPSA) is 91.0 Å². The second-order valence-corrected chi connectivity index (χ2v) is 6.04. The summed E-state index contributed by atoms with van der Waals surface area (Å²) in [5, 5.41) is 3.25. The van der Waals surface area contributed by atoms with Gasteiger partial charge in [-0.15, -0.1) is 0 Å². The lowest BCUT2D eigenvalue weighted by atomic mass is 10.1. The van der Waals surface area contributed by atoms with Gasteiger partial charge in [-0.1, -0.05) is 0 Å². The van der Waals surface area contributed by atoms with Crippen molar-refractivity contribution < 1.29 is 4.79 Å². The van der Waals surface area contributed by atoms with Gasteiger partial charge in [0, 0.05) is 54.9 Å². The van der Waals surface area contributed by atoms with E-state index in [1.54, 1.807) is 25.4 Å².